The highest BCUT2D eigenvalue weighted by Crippen LogP contribution is 2.45. The number of hydrogen-bond donors (Lipinski definition) is 2. The fourth-order valence-electron chi connectivity index (χ4n) is 9.92. The lowest BCUT2D eigenvalue weighted by Gasteiger charge is -2.41. The van der Waals surface area contributed by atoms with Crippen molar-refractivity contribution < 1.29 is 23.1 Å². The zero-order valence-corrected chi connectivity index (χ0v) is 32.5. The Hall–Kier alpha value is -4.64. The number of benzene rings is 3. The van der Waals surface area contributed by atoms with Gasteiger partial charge in [-0.15, -0.1) is 10.2 Å². The minimum Gasteiger partial charge on any atom is -0.449 e. The number of carbonyl (C=O) groups is 2. The number of alkyl carbamates (subject to hydrolysis) is 1. The summed E-state index contributed by atoms with van der Waals surface area (Å²) in [4.78, 5) is 29.0. The van der Waals surface area contributed by atoms with Crippen molar-refractivity contribution in [2.45, 2.75) is 120 Å². The molecule has 2 aliphatic heterocycles. The van der Waals surface area contributed by atoms with E-state index in [4.69, 9.17) is 4.74 Å². The number of alkyl halides is 2. The van der Waals surface area contributed by atoms with Gasteiger partial charge in [0.05, 0.1) is 6.04 Å². The molecule has 2 amide bonds. The first-order chi connectivity index (χ1) is 27.1. The number of piperidine rings is 1. The second-order valence-corrected chi connectivity index (χ2v) is 16.6. The number of ether oxygens (including phenoxy) is 1. The van der Waals surface area contributed by atoms with Gasteiger partial charge < -0.3 is 19.9 Å². The highest BCUT2D eigenvalue weighted by atomic mass is 19.3. The lowest BCUT2D eigenvalue weighted by molar-refractivity contribution is -0.130. The van der Waals surface area contributed by atoms with E-state index in [2.05, 4.69) is 68.4 Å². The third kappa shape index (κ3) is 8.10. The summed E-state index contributed by atoms with van der Waals surface area (Å²) in [6.07, 6.45) is 5.11. The Morgan fingerprint density at radius 2 is 1.46 bits per heavy atom. The Bertz CT molecular complexity index is 1930. The molecule has 2 unspecified atom stereocenters. The molecule has 296 valence electrons. The minimum absolute atomic E-state index is 0.00829. The molecule has 3 fully saturated rings. The number of carbonyl (C=O) groups excluding carboxylic acids is 2. The van der Waals surface area contributed by atoms with Crippen LogP contribution in [0.2, 0.25) is 0 Å². The average molecular weight is 765 g/mol. The number of amides is 2. The molecule has 2 saturated heterocycles. The van der Waals surface area contributed by atoms with E-state index in [9.17, 15) is 18.4 Å². The van der Waals surface area contributed by atoms with E-state index < -0.39 is 12.0 Å². The van der Waals surface area contributed by atoms with Gasteiger partial charge in [0.1, 0.15) is 18.3 Å². The fourth-order valence-corrected chi connectivity index (χ4v) is 9.92. The minimum atomic E-state index is -2.66. The molecular weight excluding hydrogens is 711 g/mol. The van der Waals surface area contributed by atoms with Gasteiger partial charge in [-0.25, -0.2) is 13.6 Å². The molecule has 9 nitrogen and oxygen atoms in total. The second kappa shape index (κ2) is 16.5. The van der Waals surface area contributed by atoms with E-state index in [0.29, 0.717) is 25.0 Å². The molecule has 3 heterocycles. The van der Waals surface area contributed by atoms with Crippen molar-refractivity contribution in [1.82, 2.24) is 30.3 Å². The topological polar surface area (TPSA) is 101 Å². The SMILES string of the molecule is CC(C)c1nnc(CCNC(=O)OCC2c3ccccc3-c3ccccc32)n1C1CC2CCC(C1)N2CC[C@H](NC(=O)C1CCC(F)(F)CC1)c1ccccc1. The van der Waals surface area contributed by atoms with Crippen molar-refractivity contribution >= 4 is 12.0 Å². The van der Waals surface area contributed by atoms with Gasteiger partial charge in [-0.1, -0.05) is 92.7 Å². The van der Waals surface area contributed by atoms with Gasteiger partial charge in [-0.3, -0.25) is 9.69 Å². The van der Waals surface area contributed by atoms with Gasteiger partial charge in [0.15, 0.2) is 0 Å². The maximum absolute atomic E-state index is 13.8. The van der Waals surface area contributed by atoms with E-state index in [1.807, 2.05) is 54.6 Å². The van der Waals surface area contributed by atoms with Gasteiger partial charge in [-0.05, 0) is 72.8 Å². The lowest BCUT2D eigenvalue weighted by Crippen LogP contribution is -2.45. The molecule has 56 heavy (non-hydrogen) atoms. The predicted octanol–water partition coefficient (Wildman–Crippen LogP) is 8.72. The third-order valence-electron chi connectivity index (χ3n) is 12.8. The van der Waals surface area contributed by atoms with E-state index in [1.54, 1.807) is 0 Å². The number of hydrogen-bond acceptors (Lipinski definition) is 6. The van der Waals surface area contributed by atoms with Crippen molar-refractivity contribution in [3.8, 4) is 11.1 Å². The molecule has 3 atom stereocenters. The van der Waals surface area contributed by atoms with Crippen molar-refractivity contribution in [2.24, 2.45) is 5.92 Å². The molecule has 4 aromatic rings. The first-order valence-corrected chi connectivity index (χ1v) is 20.7. The van der Waals surface area contributed by atoms with Gasteiger partial charge in [0, 0.05) is 68.2 Å². The van der Waals surface area contributed by atoms with Crippen LogP contribution < -0.4 is 10.6 Å². The molecule has 0 spiro atoms. The van der Waals surface area contributed by atoms with E-state index in [0.717, 1.165) is 55.9 Å². The molecule has 0 radical (unpaired) electrons. The Morgan fingerprint density at radius 3 is 2.11 bits per heavy atom. The van der Waals surface area contributed by atoms with Crippen LogP contribution in [-0.2, 0) is 16.0 Å². The predicted molar refractivity (Wildman–Crippen MR) is 212 cm³/mol. The van der Waals surface area contributed by atoms with Crippen LogP contribution in [0.5, 0.6) is 0 Å². The number of halogens is 2. The zero-order valence-electron chi connectivity index (χ0n) is 32.5. The molecular formula is C45H54F2N6O3. The van der Waals surface area contributed by atoms with Crippen LogP contribution in [0.3, 0.4) is 0 Å². The highest BCUT2D eigenvalue weighted by molar-refractivity contribution is 5.80. The average Bonchev–Trinajstić information content (AvgIpc) is 3.84. The molecule has 4 aliphatic rings. The van der Waals surface area contributed by atoms with Crippen LogP contribution in [0.1, 0.15) is 124 Å². The summed E-state index contributed by atoms with van der Waals surface area (Å²) in [7, 11) is 0. The Balaban J connectivity index is 0.873. The van der Waals surface area contributed by atoms with Gasteiger partial charge in [-0.2, -0.15) is 0 Å². The largest absolute Gasteiger partial charge is 0.449 e. The van der Waals surface area contributed by atoms with Gasteiger partial charge >= 0.3 is 6.09 Å². The lowest BCUT2D eigenvalue weighted by atomic mass is 9.86. The first-order valence-electron chi connectivity index (χ1n) is 20.7. The summed E-state index contributed by atoms with van der Waals surface area (Å²) in [5, 5.41) is 15.5. The molecule has 3 aromatic carbocycles. The van der Waals surface area contributed by atoms with Crippen LogP contribution in [0, 0.1) is 5.92 Å². The summed E-state index contributed by atoms with van der Waals surface area (Å²) < 4.78 is 35.8. The number of aromatic nitrogens is 3. The second-order valence-electron chi connectivity index (χ2n) is 16.6. The Labute approximate surface area is 328 Å². The summed E-state index contributed by atoms with van der Waals surface area (Å²) in [5.74, 6) is -1.06. The first kappa shape index (κ1) is 38.2. The maximum atomic E-state index is 13.8. The fraction of sp³-hybridized carbons (Fsp3) is 0.511. The number of fused-ring (bicyclic) bond motifs is 5. The van der Waals surface area contributed by atoms with Gasteiger partial charge in [0.25, 0.3) is 0 Å². The van der Waals surface area contributed by atoms with Gasteiger partial charge in [0.2, 0.25) is 11.8 Å². The van der Waals surface area contributed by atoms with Crippen LogP contribution in [-0.4, -0.2) is 69.4 Å². The Kier molecular flexibility index (Phi) is 11.2. The highest BCUT2D eigenvalue weighted by Gasteiger charge is 2.43. The summed E-state index contributed by atoms with van der Waals surface area (Å²) in [6, 6.07) is 27.6. The third-order valence-corrected chi connectivity index (χ3v) is 12.8. The van der Waals surface area contributed by atoms with E-state index in [-0.39, 0.29) is 68.0 Å². The maximum Gasteiger partial charge on any atom is 0.407 e. The molecule has 8 rings (SSSR count). The summed E-state index contributed by atoms with van der Waals surface area (Å²) in [5.41, 5.74) is 5.82. The summed E-state index contributed by atoms with van der Waals surface area (Å²) in [6.45, 7) is 5.82. The Morgan fingerprint density at radius 1 is 0.839 bits per heavy atom. The summed E-state index contributed by atoms with van der Waals surface area (Å²) >= 11 is 0. The number of nitrogens with one attached hydrogen (secondary N) is 2. The molecule has 2 N–H and O–H groups in total. The van der Waals surface area contributed by atoms with E-state index in [1.165, 1.54) is 22.3 Å². The van der Waals surface area contributed by atoms with Crippen LogP contribution in [0.15, 0.2) is 78.9 Å². The van der Waals surface area contributed by atoms with Crippen LogP contribution in [0.4, 0.5) is 13.6 Å². The molecule has 2 bridgehead atoms. The molecule has 11 heteroatoms. The van der Waals surface area contributed by atoms with Crippen molar-refractivity contribution in [1.29, 1.82) is 0 Å². The zero-order chi connectivity index (χ0) is 38.8. The van der Waals surface area contributed by atoms with E-state index >= 15 is 0 Å². The quantitative estimate of drug-likeness (QED) is 0.141. The number of nitrogens with zero attached hydrogens (tertiary/aromatic N) is 4. The monoisotopic (exact) mass is 764 g/mol. The van der Waals surface area contributed by atoms with Crippen LogP contribution >= 0.6 is 0 Å². The van der Waals surface area contributed by atoms with Crippen molar-refractivity contribution in [2.75, 3.05) is 19.7 Å². The smallest absolute Gasteiger partial charge is 0.407 e. The molecule has 2 aliphatic carbocycles. The van der Waals surface area contributed by atoms with Crippen LogP contribution in [0.25, 0.3) is 11.1 Å². The normalized spacial score (nSPS) is 22.4. The number of rotatable bonds is 13. The molecule has 1 saturated carbocycles. The van der Waals surface area contributed by atoms with Crippen molar-refractivity contribution in [3.63, 3.8) is 0 Å². The molecule has 1 aromatic heterocycles. The van der Waals surface area contributed by atoms with Crippen molar-refractivity contribution in [3.05, 3.63) is 107 Å². The standard InChI is InChI=1S/C45H54F2N6O3/c1-29(2)42-51-50-41(20-24-48-44(55)56-28-39-37-14-8-6-12-35(37)36-13-7-9-15-38(36)39)53(42)34-26-32-16-17-33(27-34)52(32)25-21-40(30-10-4-3-5-11-30)49-43(54)31-18-22-45(46,47)23-19-31/h3-15,29,31-34,39-40H,16-28H2,1-2H3,(H,48,55)(H,49,54)/t32?,33?,34?,40-/m0/s1.